The summed E-state index contributed by atoms with van der Waals surface area (Å²) in [5.74, 6) is -0.477. The predicted molar refractivity (Wildman–Crippen MR) is 64.6 cm³/mol. The molecule has 0 aromatic rings. The van der Waals surface area contributed by atoms with Crippen LogP contribution in [-0.2, 0) is 9.59 Å². The molecule has 0 aliphatic heterocycles. The Morgan fingerprint density at radius 2 is 1.31 bits per heavy atom. The molecular weight excluding hydrogens is 204 g/mol. The third-order valence-corrected chi connectivity index (χ3v) is 2.19. The zero-order chi connectivity index (χ0) is 12.7. The van der Waals surface area contributed by atoms with Gasteiger partial charge in [-0.1, -0.05) is 27.0 Å². The molecular formula is C12H20N2O2. The first kappa shape index (κ1) is 14.4. The molecule has 16 heavy (non-hydrogen) atoms. The lowest BCUT2D eigenvalue weighted by atomic mass is 10.2. The highest BCUT2D eigenvalue weighted by molar-refractivity contribution is 5.95. The van der Waals surface area contributed by atoms with Crippen LogP contribution in [0.3, 0.4) is 0 Å². The molecule has 4 nitrogen and oxygen atoms in total. The highest BCUT2D eigenvalue weighted by atomic mass is 16.2. The minimum atomic E-state index is -0.424. The molecule has 2 amide bonds. The van der Waals surface area contributed by atoms with E-state index in [2.05, 4.69) is 23.8 Å². The Bertz CT molecular complexity index is 278. The van der Waals surface area contributed by atoms with Gasteiger partial charge in [0.2, 0.25) is 11.8 Å². The monoisotopic (exact) mass is 224 g/mol. The van der Waals surface area contributed by atoms with Crippen LogP contribution < -0.4 is 10.6 Å². The molecule has 90 valence electrons. The highest BCUT2D eigenvalue weighted by Crippen LogP contribution is 1.98. The normalized spacial score (nSPS) is 9.75. The molecule has 0 unspecified atom stereocenters. The molecule has 0 heterocycles. The van der Waals surface area contributed by atoms with Gasteiger partial charge in [-0.25, -0.2) is 0 Å². The maximum Gasteiger partial charge on any atom is 0.248 e. The molecule has 2 N–H and O–H groups in total. The van der Waals surface area contributed by atoms with Crippen LogP contribution in [-0.4, -0.2) is 18.0 Å². The Morgan fingerprint density at radius 3 is 1.56 bits per heavy atom. The van der Waals surface area contributed by atoms with Crippen LogP contribution in [0, 0.1) is 0 Å². The van der Waals surface area contributed by atoms with Crippen molar-refractivity contribution in [3.8, 4) is 0 Å². The SMILES string of the molecule is C=C(CC)C(=O)NC(C)NC(=O)C(=C)CC. The molecule has 0 aromatic heterocycles. The first-order valence-electron chi connectivity index (χ1n) is 5.39. The van der Waals surface area contributed by atoms with Crippen LogP contribution in [0.4, 0.5) is 0 Å². The van der Waals surface area contributed by atoms with E-state index < -0.39 is 6.17 Å². The summed E-state index contributed by atoms with van der Waals surface area (Å²) in [5.41, 5.74) is 0.992. The van der Waals surface area contributed by atoms with Crippen LogP contribution in [0.2, 0.25) is 0 Å². The highest BCUT2D eigenvalue weighted by Gasteiger charge is 2.12. The topological polar surface area (TPSA) is 58.2 Å². The van der Waals surface area contributed by atoms with Crippen LogP contribution in [0.15, 0.2) is 24.3 Å². The first-order valence-corrected chi connectivity index (χ1v) is 5.39. The fourth-order valence-corrected chi connectivity index (χ4v) is 0.955. The molecule has 0 atom stereocenters. The minimum Gasteiger partial charge on any atom is -0.332 e. The summed E-state index contributed by atoms with van der Waals surface area (Å²) in [6.07, 6.45) is 0.758. The van der Waals surface area contributed by atoms with Gasteiger partial charge in [0, 0.05) is 11.1 Å². The van der Waals surface area contributed by atoms with Crippen molar-refractivity contribution in [3.63, 3.8) is 0 Å². The Hall–Kier alpha value is -1.58. The van der Waals surface area contributed by atoms with Crippen molar-refractivity contribution in [2.75, 3.05) is 0 Å². The Kier molecular flexibility index (Phi) is 6.15. The molecule has 0 rings (SSSR count). The number of hydrogen-bond acceptors (Lipinski definition) is 2. The molecule has 0 saturated heterocycles. The van der Waals surface area contributed by atoms with Gasteiger partial charge in [0.05, 0.1) is 6.17 Å². The Labute approximate surface area is 96.8 Å². The van der Waals surface area contributed by atoms with Gasteiger partial charge in [-0.2, -0.15) is 0 Å². The lowest BCUT2D eigenvalue weighted by molar-refractivity contribution is -0.120. The quantitative estimate of drug-likeness (QED) is 0.530. The minimum absolute atomic E-state index is 0.239. The fraction of sp³-hybridized carbons (Fsp3) is 0.500. The molecule has 0 fully saturated rings. The van der Waals surface area contributed by atoms with E-state index in [1.807, 2.05) is 13.8 Å². The number of nitrogens with one attached hydrogen (secondary N) is 2. The Morgan fingerprint density at radius 1 is 1.00 bits per heavy atom. The van der Waals surface area contributed by atoms with Gasteiger partial charge in [0.15, 0.2) is 0 Å². The summed E-state index contributed by atoms with van der Waals surface area (Å²) in [6, 6.07) is 0. The van der Waals surface area contributed by atoms with E-state index in [-0.39, 0.29) is 11.8 Å². The van der Waals surface area contributed by atoms with E-state index in [1.54, 1.807) is 6.92 Å². The second-order valence-corrected chi connectivity index (χ2v) is 3.58. The smallest absolute Gasteiger partial charge is 0.248 e. The Balaban J connectivity index is 4.14. The van der Waals surface area contributed by atoms with Gasteiger partial charge in [0.1, 0.15) is 0 Å². The summed E-state index contributed by atoms with van der Waals surface area (Å²) in [6.45, 7) is 12.6. The summed E-state index contributed by atoms with van der Waals surface area (Å²) in [5, 5.41) is 5.26. The number of rotatable bonds is 6. The van der Waals surface area contributed by atoms with Crippen molar-refractivity contribution in [3.05, 3.63) is 24.3 Å². The van der Waals surface area contributed by atoms with Crippen molar-refractivity contribution in [1.82, 2.24) is 10.6 Å². The van der Waals surface area contributed by atoms with Crippen molar-refractivity contribution in [2.24, 2.45) is 0 Å². The lowest BCUT2D eigenvalue weighted by Crippen LogP contribution is -2.46. The summed E-state index contributed by atoms with van der Waals surface area (Å²) in [4.78, 5) is 22.8. The largest absolute Gasteiger partial charge is 0.332 e. The van der Waals surface area contributed by atoms with Crippen LogP contribution in [0.1, 0.15) is 33.6 Å². The molecule has 4 heteroatoms. The van der Waals surface area contributed by atoms with Crippen molar-refractivity contribution < 1.29 is 9.59 Å². The second kappa shape index (κ2) is 6.82. The van der Waals surface area contributed by atoms with Gasteiger partial charge in [0.25, 0.3) is 0 Å². The standard InChI is InChI=1S/C12H20N2O2/c1-6-8(3)11(15)13-10(5)14-12(16)9(4)7-2/h10H,3-4,6-7H2,1-2,5H3,(H,13,15)(H,14,16). The summed E-state index contributed by atoms with van der Waals surface area (Å²) in [7, 11) is 0. The number of hydrogen-bond donors (Lipinski definition) is 2. The van der Waals surface area contributed by atoms with E-state index >= 15 is 0 Å². The lowest BCUT2D eigenvalue weighted by Gasteiger charge is -2.16. The summed E-state index contributed by atoms with van der Waals surface area (Å²) < 4.78 is 0. The van der Waals surface area contributed by atoms with Gasteiger partial charge in [-0.15, -0.1) is 0 Å². The van der Waals surface area contributed by atoms with Crippen molar-refractivity contribution in [2.45, 2.75) is 39.8 Å². The molecule has 0 aromatic carbocycles. The zero-order valence-corrected chi connectivity index (χ0v) is 10.2. The third-order valence-electron chi connectivity index (χ3n) is 2.19. The van der Waals surface area contributed by atoms with E-state index in [0.717, 1.165) is 0 Å². The van der Waals surface area contributed by atoms with Gasteiger partial charge >= 0.3 is 0 Å². The van der Waals surface area contributed by atoms with Crippen LogP contribution in [0.25, 0.3) is 0 Å². The third kappa shape index (κ3) is 4.77. The van der Waals surface area contributed by atoms with Crippen LogP contribution >= 0.6 is 0 Å². The van der Waals surface area contributed by atoms with Gasteiger partial charge in [-0.05, 0) is 19.8 Å². The van der Waals surface area contributed by atoms with Gasteiger partial charge in [-0.3, -0.25) is 9.59 Å². The van der Waals surface area contributed by atoms with Gasteiger partial charge < -0.3 is 10.6 Å². The fourth-order valence-electron chi connectivity index (χ4n) is 0.955. The van der Waals surface area contributed by atoms with Crippen LogP contribution in [0.5, 0.6) is 0 Å². The predicted octanol–water partition coefficient (Wildman–Crippen LogP) is 1.50. The maximum absolute atomic E-state index is 11.4. The maximum atomic E-state index is 11.4. The van der Waals surface area contributed by atoms with Crippen molar-refractivity contribution in [1.29, 1.82) is 0 Å². The molecule has 0 bridgehead atoms. The average molecular weight is 224 g/mol. The van der Waals surface area contributed by atoms with Crippen molar-refractivity contribution >= 4 is 11.8 Å². The first-order chi connectivity index (χ1) is 7.42. The number of carbonyl (C=O) groups is 2. The number of carbonyl (C=O) groups excluding carboxylic acids is 2. The average Bonchev–Trinajstić information content (AvgIpc) is 2.26. The number of amides is 2. The van der Waals surface area contributed by atoms with E-state index in [4.69, 9.17) is 0 Å². The van der Waals surface area contributed by atoms with E-state index in [9.17, 15) is 9.59 Å². The molecule has 0 spiro atoms. The molecule has 0 radical (unpaired) electrons. The molecule has 0 saturated carbocycles. The summed E-state index contributed by atoms with van der Waals surface area (Å²) >= 11 is 0. The van der Waals surface area contributed by atoms with E-state index in [1.165, 1.54) is 0 Å². The van der Waals surface area contributed by atoms with E-state index in [0.29, 0.717) is 24.0 Å². The molecule has 0 aliphatic rings. The molecule has 0 aliphatic carbocycles. The second-order valence-electron chi connectivity index (χ2n) is 3.58. The zero-order valence-electron chi connectivity index (χ0n) is 10.2.